The monoisotopic (exact) mass is 467 g/mol. The van der Waals surface area contributed by atoms with Crippen LogP contribution in [0.25, 0.3) is 0 Å². The van der Waals surface area contributed by atoms with Crippen molar-refractivity contribution in [2.24, 2.45) is 0 Å². The lowest BCUT2D eigenvalue weighted by molar-refractivity contribution is -0.120. The third-order valence-corrected chi connectivity index (χ3v) is 6.21. The zero-order chi connectivity index (χ0) is 20.5. The fourth-order valence-electron chi connectivity index (χ4n) is 2.56. The Hall–Kier alpha value is -1.86. The highest BCUT2D eigenvalue weighted by atomic mass is 79.9. The van der Waals surface area contributed by atoms with Gasteiger partial charge in [0.25, 0.3) is 0 Å². The zero-order valence-electron chi connectivity index (χ0n) is 16.6. The molecule has 0 aromatic heterocycles. The Morgan fingerprint density at radius 2 is 1.71 bits per heavy atom. The molecule has 1 N–H and O–H groups in total. The number of halogens is 1. The molecular formula is C21H26BrNO4S. The van der Waals surface area contributed by atoms with Crippen molar-refractivity contribution in [3.63, 3.8) is 0 Å². The van der Waals surface area contributed by atoms with Crippen LogP contribution in [0.4, 0.5) is 0 Å². The Morgan fingerprint density at radius 1 is 1.07 bits per heavy atom. The topological polar surface area (TPSA) is 56.8 Å². The number of carbonyl (C=O) groups excluding carboxylic acids is 1. The van der Waals surface area contributed by atoms with Crippen molar-refractivity contribution in [3.05, 3.63) is 52.0 Å². The van der Waals surface area contributed by atoms with Crippen LogP contribution in [0.1, 0.15) is 18.1 Å². The highest BCUT2D eigenvalue weighted by Crippen LogP contribution is 2.35. The zero-order valence-corrected chi connectivity index (χ0v) is 19.0. The van der Waals surface area contributed by atoms with E-state index in [1.807, 2.05) is 43.3 Å². The Bertz CT molecular complexity index is 783. The van der Waals surface area contributed by atoms with Gasteiger partial charge in [0, 0.05) is 16.8 Å². The van der Waals surface area contributed by atoms with Gasteiger partial charge in [0.05, 0.1) is 26.6 Å². The molecule has 7 heteroatoms. The Balaban J connectivity index is 1.82. The minimum Gasteiger partial charge on any atom is -0.497 e. The lowest BCUT2D eigenvalue weighted by Gasteiger charge is -2.15. The lowest BCUT2D eigenvalue weighted by Crippen LogP contribution is -2.32. The first-order valence-electron chi connectivity index (χ1n) is 8.91. The van der Waals surface area contributed by atoms with Gasteiger partial charge in [0.1, 0.15) is 5.75 Å². The minimum atomic E-state index is -0.157. The van der Waals surface area contributed by atoms with Crippen molar-refractivity contribution in [3.8, 4) is 17.2 Å². The molecule has 0 radical (unpaired) electrons. The summed E-state index contributed by atoms with van der Waals surface area (Å²) in [6.07, 6.45) is 0.786. The maximum atomic E-state index is 12.4. The average molecular weight is 468 g/mol. The molecule has 2 aromatic carbocycles. The van der Waals surface area contributed by atoms with Gasteiger partial charge in [-0.05, 0) is 48.7 Å². The highest BCUT2D eigenvalue weighted by Gasteiger charge is 2.15. The van der Waals surface area contributed by atoms with Gasteiger partial charge in [-0.1, -0.05) is 28.1 Å². The fraction of sp³-hybridized carbons (Fsp3) is 0.381. The molecule has 152 valence electrons. The van der Waals surface area contributed by atoms with Gasteiger partial charge in [0.15, 0.2) is 11.5 Å². The van der Waals surface area contributed by atoms with Gasteiger partial charge in [-0.25, -0.2) is 0 Å². The lowest BCUT2D eigenvalue weighted by atomic mass is 10.1. The Kier molecular flexibility index (Phi) is 8.99. The van der Waals surface area contributed by atoms with Gasteiger partial charge < -0.3 is 19.5 Å². The maximum absolute atomic E-state index is 12.4. The second-order valence-corrected chi connectivity index (χ2v) is 8.32. The highest BCUT2D eigenvalue weighted by molar-refractivity contribution is 9.10. The molecule has 0 heterocycles. The van der Waals surface area contributed by atoms with Gasteiger partial charge in [-0.2, -0.15) is 0 Å². The number of nitrogens with one attached hydrogen (secondary N) is 1. The molecular weight excluding hydrogens is 442 g/mol. The van der Waals surface area contributed by atoms with Gasteiger partial charge in [0.2, 0.25) is 5.91 Å². The fourth-order valence-corrected chi connectivity index (χ4v) is 4.11. The molecule has 0 spiro atoms. The second-order valence-electron chi connectivity index (χ2n) is 6.14. The van der Waals surface area contributed by atoms with E-state index in [0.29, 0.717) is 23.8 Å². The summed E-state index contributed by atoms with van der Waals surface area (Å²) >= 11 is 5.14. The first-order valence-corrected chi connectivity index (χ1v) is 10.7. The van der Waals surface area contributed by atoms with Crippen molar-refractivity contribution >= 4 is 33.6 Å². The summed E-state index contributed by atoms with van der Waals surface area (Å²) in [6.45, 7) is 2.53. The molecule has 0 aliphatic carbocycles. The smallest absolute Gasteiger partial charge is 0.232 e. The summed E-state index contributed by atoms with van der Waals surface area (Å²) in [5, 5.41) is 2.85. The summed E-state index contributed by atoms with van der Waals surface area (Å²) in [4.78, 5) is 12.4. The molecule has 0 aliphatic heterocycles. The van der Waals surface area contributed by atoms with E-state index in [4.69, 9.17) is 14.2 Å². The quantitative estimate of drug-likeness (QED) is 0.558. The van der Waals surface area contributed by atoms with E-state index in [9.17, 15) is 4.79 Å². The number of thioether (sulfide) groups is 1. The molecule has 0 fully saturated rings. The predicted octanol–water partition coefficient (Wildman–Crippen LogP) is 4.46. The molecule has 2 aromatic rings. The number of hydrogen-bond donors (Lipinski definition) is 1. The third kappa shape index (κ3) is 6.34. The average Bonchev–Trinajstić information content (AvgIpc) is 2.72. The van der Waals surface area contributed by atoms with Gasteiger partial charge >= 0.3 is 0 Å². The largest absolute Gasteiger partial charge is 0.497 e. The molecule has 0 saturated heterocycles. The molecule has 1 atom stereocenters. The van der Waals surface area contributed by atoms with E-state index < -0.39 is 0 Å². The molecule has 2 rings (SSSR count). The van der Waals surface area contributed by atoms with Crippen molar-refractivity contribution < 1.29 is 19.0 Å². The van der Waals surface area contributed by atoms with Crippen molar-refractivity contribution in [1.29, 1.82) is 0 Å². The van der Waals surface area contributed by atoms with Crippen LogP contribution in [0.3, 0.4) is 0 Å². The number of ether oxygens (including phenoxy) is 3. The number of rotatable bonds is 10. The number of carbonyl (C=O) groups is 1. The number of benzene rings is 2. The Morgan fingerprint density at radius 3 is 2.32 bits per heavy atom. The van der Waals surface area contributed by atoms with E-state index in [2.05, 4.69) is 21.2 Å². The summed E-state index contributed by atoms with van der Waals surface area (Å²) < 4.78 is 16.7. The van der Waals surface area contributed by atoms with Crippen LogP contribution in [0.2, 0.25) is 0 Å². The van der Waals surface area contributed by atoms with Crippen molar-refractivity contribution in [2.75, 3.05) is 27.9 Å². The molecule has 1 amide bonds. The summed E-state index contributed by atoms with van der Waals surface area (Å²) in [7, 11) is 4.87. The van der Waals surface area contributed by atoms with Crippen LogP contribution in [-0.4, -0.2) is 39.0 Å². The van der Waals surface area contributed by atoms with E-state index >= 15 is 0 Å². The van der Waals surface area contributed by atoms with Crippen LogP contribution < -0.4 is 19.5 Å². The molecule has 28 heavy (non-hydrogen) atoms. The predicted molar refractivity (Wildman–Crippen MR) is 118 cm³/mol. The third-order valence-electron chi connectivity index (χ3n) is 4.28. The number of methoxy groups -OCH3 is 3. The van der Waals surface area contributed by atoms with Crippen LogP contribution in [0.15, 0.2) is 40.9 Å². The molecule has 0 saturated carbocycles. The SMILES string of the molecule is COc1ccc(CCNC(=O)C(C)SCc2cc(OC)c(OC)cc2Br)cc1. The minimum absolute atomic E-state index is 0.0371. The van der Waals surface area contributed by atoms with Crippen molar-refractivity contribution in [2.45, 2.75) is 24.3 Å². The normalized spacial score (nSPS) is 11.6. The van der Waals surface area contributed by atoms with Gasteiger partial charge in [-0.3, -0.25) is 4.79 Å². The van der Waals surface area contributed by atoms with E-state index in [0.717, 1.165) is 27.8 Å². The number of hydrogen-bond acceptors (Lipinski definition) is 5. The first-order chi connectivity index (χ1) is 13.5. The Labute approximate surface area is 179 Å². The summed E-state index contributed by atoms with van der Waals surface area (Å²) in [5.41, 5.74) is 2.22. The van der Waals surface area contributed by atoms with Crippen LogP contribution in [-0.2, 0) is 17.0 Å². The molecule has 0 aliphatic rings. The van der Waals surface area contributed by atoms with Crippen molar-refractivity contribution in [1.82, 2.24) is 5.32 Å². The van der Waals surface area contributed by atoms with Crippen LogP contribution >= 0.6 is 27.7 Å². The van der Waals surface area contributed by atoms with Crippen LogP contribution in [0.5, 0.6) is 17.2 Å². The van der Waals surface area contributed by atoms with E-state index in [-0.39, 0.29) is 11.2 Å². The molecule has 5 nitrogen and oxygen atoms in total. The first kappa shape index (κ1) is 22.4. The second kappa shape index (κ2) is 11.2. The van der Waals surface area contributed by atoms with E-state index in [1.165, 1.54) is 0 Å². The van der Waals surface area contributed by atoms with E-state index in [1.54, 1.807) is 33.1 Å². The summed E-state index contributed by atoms with van der Waals surface area (Å²) in [5.74, 6) is 2.91. The van der Waals surface area contributed by atoms with Crippen LogP contribution in [0, 0.1) is 0 Å². The number of amides is 1. The molecule has 1 unspecified atom stereocenters. The summed E-state index contributed by atoms with van der Waals surface area (Å²) in [6, 6.07) is 11.7. The van der Waals surface area contributed by atoms with Gasteiger partial charge in [-0.15, -0.1) is 11.8 Å². The molecule has 0 bridgehead atoms. The maximum Gasteiger partial charge on any atom is 0.232 e. The standard InChI is InChI=1S/C21H26BrNO4S/c1-14(21(24)23-10-9-15-5-7-17(25-2)8-6-15)28-13-16-11-19(26-3)20(27-4)12-18(16)22/h5-8,11-12,14H,9-10,13H2,1-4H3,(H,23,24).